The maximum atomic E-state index is 12.6. The Hall–Kier alpha value is -3.13. The summed E-state index contributed by atoms with van der Waals surface area (Å²) >= 11 is 5.99. The van der Waals surface area contributed by atoms with Crippen molar-refractivity contribution in [1.29, 1.82) is 0 Å². The van der Waals surface area contributed by atoms with Crippen molar-refractivity contribution in [2.24, 2.45) is 0 Å². The summed E-state index contributed by atoms with van der Waals surface area (Å²) in [6.45, 7) is 0.871. The fraction of sp³-hybridized carbons (Fsp3) is 0.300. The van der Waals surface area contributed by atoms with Crippen LogP contribution < -0.4 is 14.8 Å². The molecular formula is C20H22ClN5O3. The maximum absolute atomic E-state index is 12.6. The highest BCUT2D eigenvalue weighted by molar-refractivity contribution is 6.30. The van der Waals surface area contributed by atoms with E-state index in [1.165, 1.54) is 6.33 Å². The van der Waals surface area contributed by atoms with Crippen LogP contribution in [-0.4, -0.2) is 40.3 Å². The van der Waals surface area contributed by atoms with Gasteiger partial charge in [0.1, 0.15) is 6.33 Å². The molecule has 0 aliphatic carbocycles. The molecule has 0 spiro atoms. The number of carbonyl (C=O) groups excluding carboxylic acids is 1. The first-order valence-electron chi connectivity index (χ1n) is 9.03. The van der Waals surface area contributed by atoms with Crippen LogP contribution >= 0.6 is 11.6 Å². The van der Waals surface area contributed by atoms with Crippen LogP contribution in [0.15, 0.2) is 48.8 Å². The first kappa shape index (κ1) is 20.6. The second-order valence-electron chi connectivity index (χ2n) is 6.45. The molecule has 0 saturated heterocycles. The number of amides is 1. The highest BCUT2D eigenvalue weighted by Gasteiger charge is 2.18. The van der Waals surface area contributed by atoms with E-state index in [1.54, 1.807) is 18.9 Å². The van der Waals surface area contributed by atoms with Crippen LogP contribution in [0.1, 0.15) is 23.5 Å². The molecule has 0 fully saturated rings. The van der Waals surface area contributed by atoms with Crippen LogP contribution in [0.4, 0.5) is 0 Å². The Kier molecular flexibility index (Phi) is 7.02. The van der Waals surface area contributed by atoms with Gasteiger partial charge in [-0.25, -0.2) is 4.68 Å². The summed E-state index contributed by atoms with van der Waals surface area (Å²) in [6, 6.07) is 13.0. The Morgan fingerprint density at radius 1 is 1.14 bits per heavy atom. The van der Waals surface area contributed by atoms with Crippen LogP contribution in [0.3, 0.4) is 0 Å². The Labute approximate surface area is 173 Å². The molecule has 1 amide bonds. The zero-order valence-corrected chi connectivity index (χ0v) is 17.0. The largest absolute Gasteiger partial charge is 0.493 e. The Morgan fingerprint density at radius 3 is 2.55 bits per heavy atom. The quantitative estimate of drug-likeness (QED) is 0.577. The molecule has 0 aliphatic rings. The predicted molar refractivity (Wildman–Crippen MR) is 108 cm³/mol. The molecule has 0 aliphatic heterocycles. The molecule has 3 rings (SSSR count). The van der Waals surface area contributed by atoms with Gasteiger partial charge in [-0.15, -0.1) is 5.10 Å². The lowest BCUT2D eigenvalue weighted by Crippen LogP contribution is -2.26. The van der Waals surface area contributed by atoms with Gasteiger partial charge in [0.2, 0.25) is 5.91 Å². The van der Waals surface area contributed by atoms with E-state index in [1.807, 2.05) is 42.5 Å². The smallest absolute Gasteiger partial charge is 0.220 e. The van der Waals surface area contributed by atoms with Gasteiger partial charge in [-0.3, -0.25) is 4.79 Å². The van der Waals surface area contributed by atoms with Crippen LogP contribution in [0.25, 0.3) is 0 Å². The summed E-state index contributed by atoms with van der Waals surface area (Å²) in [4.78, 5) is 12.6. The maximum Gasteiger partial charge on any atom is 0.220 e. The van der Waals surface area contributed by atoms with E-state index in [9.17, 15) is 4.79 Å². The number of rotatable bonds is 9. The fourth-order valence-corrected chi connectivity index (χ4v) is 3.13. The zero-order valence-electron chi connectivity index (χ0n) is 16.2. The Balaban J connectivity index is 1.65. The third kappa shape index (κ3) is 5.68. The van der Waals surface area contributed by atoms with Gasteiger partial charge in [-0.1, -0.05) is 29.8 Å². The summed E-state index contributed by atoms with van der Waals surface area (Å²) in [7, 11) is 3.16. The van der Waals surface area contributed by atoms with Crippen molar-refractivity contribution < 1.29 is 14.3 Å². The molecular weight excluding hydrogens is 394 g/mol. The second-order valence-corrected chi connectivity index (χ2v) is 6.89. The number of ether oxygens (including phenoxy) is 2. The number of methoxy groups -OCH3 is 2. The van der Waals surface area contributed by atoms with Gasteiger partial charge < -0.3 is 14.8 Å². The Morgan fingerprint density at radius 2 is 1.90 bits per heavy atom. The van der Waals surface area contributed by atoms with Crippen molar-refractivity contribution in [3.63, 3.8) is 0 Å². The molecule has 1 heterocycles. The van der Waals surface area contributed by atoms with Crippen molar-refractivity contribution in [3.05, 3.63) is 64.9 Å². The van der Waals surface area contributed by atoms with Gasteiger partial charge in [-0.05, 0) is 45.8 Å². The molecule has 29 heavy (non-hydrogen) atoms. The van der Waals surface area contributed by atoms with Crippen LogP contribution in [0.2, 0.25) is 5.02 Å². The van der Waals surface area contributed by atoms with Gasteiger partial charge in [0.15, 0.2) is 11.5 Å². The Bertz CT molecular complexity index is 932. The van der Waals surface area contributed by atoms with Gasteiger partial charge in [0.05, 0.1) is 20.8 Å². The van der Waals surface area contributed by atoms with E-state index in [2.05, 4.69) is 20.8 Å². The summed E-state index contributed by atoms with van der Waals surface area (Å²) in [5, 5.41) is 14.8. The van der Waals surface area contributed by atoms with E-state index < -0.39 is 0 Å². The average molecular weight is 416 g/mol. The minimum atomic E-state index is -0.0961. The normalized spacial score (nSPS) is 11.7. The summed E-state index contributed by atoms with van der Waals surface area (Å²) in [5.74, 6) is 1.10. The molecule has 1 N–H and O–H groups in total. The van der Waals surface area contributed by atoms with E-state index in [0.717, 1.165) is 11.1 Å². The lowest BCUT2D eigenvalue weighted by Gasteiger charge is -2.17. The number of nitrogens with one attached hydrogen (secondary N) is 1. The highest BCUT2D eigenvalue weighted by atomic mass is 35.5. The monoisotopic (exact) mass is 415 g/mol. The third-order valence-corrected chi connectivity index (χ3v) is 4.76. The first-order chi connectivity index (χ1) is 14.1. The summed E-state index contributed by atoms with van der Waals surface area (Å²) in [5.41, 5.74) is 1.91. The number of halogens is 1. The number of benzene rings is 2. The number of hydrogen-bond acceptors (Lipinski definition) is 6. The average Bonchev–Trinajstić information content (AvgIpc) is 3.25. The fourth-order valence-electron chi connectivity index (χ4n) is 3.00. The molecule has 2 aromatic carbocycles. The number of hydrogen-bond donors (Lipinski definition) is 1. The van der Waals surface area contributed by atoms with E-state index in [-0.39, 0.29) is 18.2 Å². The van der Waals surface area contributed by atoms with Crippen LogP contribution in [-0.2, 0) is 17.9 Å². The van der Waals surface area contributed by atoms with Crippen molar-refractivity contribution in [1.82, 2.24) is 25.5 Å². The van der Waals surface area contributed by atoms with E-state index in [4.69, 9.17) is 21.1 Å². The standard InChI is InChI=1S/C20H22ClN5O3/c1-28-18-8-3-14(9-19(18)29-2)11-22-20(27)10-16(12-26-13-23-24-25-26)15-4-6-17(21)7-5-15/h3-9,13,16H,10-12H2,1-2H3,(H,22,27)/t16-/m0/s1. The summed E-state index contributed by atoms with van der Waals surface area (Å²) in [6.07, 6.45) is 1.82. The zero-order chi connectivity index (χ0) is 20.6. The second kappa shape index (κ2) is 9.88. The predicted octanol–water partition coefficient (Wildman–Crippen LogP) is 2.83. The van der Waals surface area contributed by atoms with Gasteiger partial charge in [0.25, 0.3) is 0 Å². The molecule has 0 radical (unpaired) electrons. The number of aromatic nitrogens is 4. The molecule has 0 unspecified atom stereocenters. The first-order valence-corrected chi connectivity index (χ1v) is 9.40. The highest BCUT2D eigenvalue weighted by Crippen LogP contribution is 2.27. The molecule has 8 nitrogen and oxygen atoms in total. The summed E-state index contributed by atoms with van der Waals surface area (Å²) < 4.78 is 12.2. The lowest BCUT2D eigenvalue weighted by molar-refractivity contribution is -0.121. The van der Waals surface area contributed by atoms with Gasteiger partial charge in [0, 0.05) is 23.9 Å². The van der Waals surface area contributed by atoms with Crippen molar-refractivity contribution >= 4 is 17.5 Å². The van der Waals surface area contributed by atoms with E-state index in [0.29, 0.717) is 29.6 Å². The number of tetrazole rings is 1. The van der Waals surface area contributed by atoms with Crippen molar-refractivity contribution in [3.8, 4) is 11.5 Å². The molecule has 0 bridgehead atoms. The minimum Gasteiger partial charge on any atom is -0.493 e. The van der Waals surface area contributed by atoms with Crippen molar-refractivity contribution in [2.45, 2.75) is 25.4 Å². The third-order valence-electron chi connectivity index (χ3n) is 4.51. The van der Waals surface area contributed by atoms with Crippen molar-refractivity contribution in [2.75, 3.05) is 14.2 Å². The molecule has 1 aromatic heterocycles. The van der Waals surface area contributed by atoms with Crippen LogP contribution in [0, 0.1) is 0 Å². The SMILES string of the molecule is COc1ccc(CNC(=O)C[C@@H](Cn2cnnn2)c2ccc(Cl)cc2)cc1OC. The topological polar surface area (TPSA) is 91.2 Å². The van der Waals surface area contributed by atoms with Gasteiger partial charge in [-0.2, -0.15) is 0 Å². The van der Waals surface area contributed by atoms with Crippen LogP contribution in [0.5, 0.6) is 11.5 Å². The van der Waals surface area contributed by atoms with E-state index >= 15 is 0 Å². The minimum absolute atomic E-state index is 0.0761. The lowest BCUT2D eigenvalue weighted by atomic mass is 9.95. The molecule has 3 aromatic rings. The number of carbonyl (C=O) groups is 1. The molecule has 152 valence electrons. The molecule has 0 saturated carbocycles. The van der Waals surface area contributed by atoms with Gasteiger partial charge >= 0.3 is 0 Å². The number of nitrogens with zero attached hydrogens (tertiary/aromatic N) is 4. The molecule has 9 heteroatoms. The molecule has 1 atom stereocenters.